The van der Waals surface area contributed by atoms with Crippen LogP contribution in [0.3, 0.4) is 0 Å². The molecule has 2 fully saturated rings. The highest BCUT2D eigenvalue weighted by atomic mass is 79.9. The molecule has 14 heavy (non-hydrogen) atoms. The summed E-state index contributed by atoms with van der Waals surface area (Å²) in [7, 11) is 0. The van der Waals surface area contributed by atoms with E-state index >= 15 is 0 Å². The number of ether oxygens (including phenoxy) is 2. The summed E-state index contributed by atoms with van der Waals surface area (Å²) in [5.74, 6) is 0.594. The zero-order valence-corrected chi connectivity index (χ0v) is 10.4. The fourth-order valence-corrected chi connectivity index (χ4v) is 2.79. The first-order valence-corrected chi connectivity index (χ1v) is 6.78. The third kappa shape index (κ3) is 2.15. The normalized spacial score (nSPS) is 41.6. The van der Waals surface area contributed by atoms with Crippen molar-refractivity contribution in [2.24, 2.45) is 5.92 Å². The van der Waals surface area contributed by atoms with Gasteiger partial charge >= 0.3 is 0 Å². The van der Waals surface area contributed by atoms with E-state index < -0.39 is 0 Å². The molecule has 0 N–H and O–H groups in total. The van der Waals surface area contributed by atoms with Crippen molar-refractivity contribution in [3.63, 3.8) is 0 Å². The minimum absolute atomic E-state index is 0.170. The van der Waals surface area contributed by atoms with Gasteiger partial charge in [0.1, 0.15) is 0 Å². The molecular weight excluding hydrogens is 244 g/mol. The largest absolute Gasteiger partial charge is 0.347 e. The Morgan fingerprint density at radius 1 is 1.43 bits per heavy atom. The number of hydrogen-bond acceptors (Lipinski definition) is 2. The number of unbranched alkanes of at least 4 members (excludes halogenated alkanes) is 1. The smallest absolute Gasteiger partial charge is 0.169 e. The Balaban J connectivity index is 1.73. The highest BCUT2D eigenvalue weighted by molar-refractivity contribution is 9.09. The third-order valence-corrected chi connectivity index (χ3v) is 4.13. The molecule has 2 aliphatic rings. The molecule has 1 spiro atoms. The van der Waals surface area contributed by atoms with Crippen LogP contribution >= 0.6 is 15.9 Å². The fourth-order valence-electron chi connectivity index (χ4n) is 2.33. The van der Waals surface area contributed by atoms with Crippen molar-refractivity contribution in [3.05, 3.63) is 0 Å². The molecule has 0 aromatic carbocycles. The molecule has 0 radical (unpaired) electrons. The number of halogens is 1. The maximum absolute atomic E-state index is 5.98. The van der Waals surface area contributed by atoms with Gasteiger partial charge in [0.05, 0.1) is 12.7 Å². The summed E-state index contributed by atoms with van der Waals surface area (Å²) >= 11 is 3.50. The highest BCUT2D eigenvalue weighted by Gasteiger charge is 2.51. The first-order chi connectivity index (χ1) is 6.78. The van der Waals surface area contributed by atoms with E-state index in [1.165, 1.54) is 12.8 Å². The second-order valence-electron chi connectivity index (χ2n) is 4.53. The van der Waals surface area contributed by atoms with Crippen molar-refractivity contribution < 1.29 is 9.47 Å². The maximum atomic E-state index is 5.98. The molecule has 1 saturated carbocycles. The van der Waals surface area contributed by atoms with Gasteiger partial charge in [0.15, 0.2) is 5.79 Å². The molecule has 1 aliphatic carbocycles. The van der Waals surface area contributed by atoms with Crippen LogP contribution < -0.4 is 0 Å². The van der Waals surface area contributed by atoms with Crippen LogP contribution in [0.1, 0.15) is 39.0 Å². The van der Waals surface area contributed by atoms with Gasteiger partial charge in [0.2, 0.25) is 0 Å². The lowest BCUT2D eigenvalue weighted by molar-refractivity contribution is -0.235. The summed E-state index contributed by atoms with van der Waals surface area (Å²) < 4.78 is 11.8. The van der Waals surface area contributed by atoms with Gasteiger partial charge in [-0.1, -0.05) is 35.7 Å². The Morgan fingerprint density at radius 2 is 2.21 bits per heavy atom. The zero-order valence-electron chi connectivity index (χ0n) is 8.80. The minimum atomic E-state index is -0.170. The Bertz CT molecular complexity index is 190. The molecule has 1 saturated heterocycles. The minimum Gasteiger partial charge on any atom is -0.347 e. The van der Waals surface area contributed by atoms with Crippen LogP contribution in [0.4, 0.5) is 0 Å². The van der Waals surface area contributed by atoms with Crippen LogP contribution in [-0.4, -0.2) is 23.8 Å². The van der Waals surface area contributed by atoms with E-state index in [0.29, 0.717) is 6.10 Å². The van der Waals surface area contributed by atoms with E-state index in [0.717, 1.165) is 37.1 Å². The first-order valence-electron chi connectivity index (χ1n) is 5.66. The number of alkyl halides is 1. The lowest BCUT2D eigenvalue weighted by atomic mass is 9.80. The number of hydrogen-bond donors (Lipinski definition) is 0. The van der Waals surface area contributed by atoms with Gasteiger partial charge in [-0.15, -0.1) is 0 Å². The Kier molecular flexibility index (Phi) is 3.50. The quantitative estimate of drug-likeness (QED) is 0.726. The molecule has 2 nitrogen and oxygen atoms in total. The van der Waals surface area contributed by atoms with E-state index in [1.807, 2.05) is 0 Å². The van der Waals surface area contributed by atoms with Crippen LogP contribution in [0, 0.1) is 5.92 Å². The topological polar surface area (TPSA) is 18.5 Å². The number of rotatable bonds is 4. The molecule has 1 atom stereocenters. The van der Waals surface area contributed by atoms with Crippen molar-refractivity contribution in [2.45, 2.75) is 50.9 Å². The molecule has 1 unspecified atom stereocenters. The van der Waals surface area contributed by atoms with Gasteiger partial charge in [-0.3, -0.25) is 0 Å². The molecule has 0 bridgehead atoms. The Labute approximate surface area is 94.5 Å². The summed E-state index contributed by atoms with van der Waals surface area (Å²) in [5, 5.41) is 1.08. The summed E-state index contributed by atoms with van der Waals surface area (Å²) in [6.45, 7) is 3.03. The van der Waals surface area contributed by atoms with Gasteiger partial charge < -0.3 is 9.47 Å². The second kappa shape index (κ2) is 4.50. The Hall–Kier alpha value is 0.400. The maximum Gasteiger partial charge on any atom is 0.169 e. The molecule has 1 aliphatic heterocycles. The van der Waals surface area contributed by atoms with E-state index in [1.54, 1.807) is 0 Å². The molecule has 3 heteroatoms. The molecule has 1 heterocycles. The van der Waals surface area contributed by atoms with Gasteiger partial charge in [0, 0.05) is 18.2 Å². The second-order valence-corrected chi connectivity index (χ2v) is 5.18. The predicted octanol–water partition coefficient (Wildman–Crippen LogP) is 3.09. The van der Waals surface area contributed by atoms with Crippen LogP contribution in [0.2, 0.25) is 0 Å². The van der Waals surface area contributed by atoms with Crippen molar-refractivity contribution in [2.75, 3.05) is 11.9 Å². The molecular formula is C11H19BrO2. The molecule has 0 aromatic rings. The van der Waals surface area contributed by atoms with Crippen LogP contribution in [0.15, 0.2) is 0 Å². The van der Waals surface area contributed by atoms with Gasteiger partial charge in [-0.25, -0.2) is 0 Å². The highest BCUT2D eigenvalue weighted by Crippen LogP contribution is 2.46. The van der Waals surface area contributed by atoms with Crippen LogP contribution in [0.5, 0.6) is 0 Å². The van der Waals surface area contributed by atoms with Crippen molar-refractivity contribution in [3.8, 4) is 0 Å². The first kappa shape index (κ1) is 10.9. The van der Waals surface area contributed by atoms with Gasteiger partial charge in [0.25, 0.3) is 0 Å². The molecule has 82 valence electrons. The zero-order chi connectivity index (χ0) is 10.0. The lowest BCUT2D eigenvalue weighted by Crippen LogP contribution is -2.45. The van der Waals surface area contributed by atoms with Crippen molar-refractivity contribution in [1.82, 2.24) is 0 Å². The van der Waals surface area contributed by atoms with Crippen molar-refractivity contribution in [1.29, 1.82) is 0 Å². The SMILES string of the molecule is CCCCC1COC2(CC(CBr)C2)O1. The van der Waals surface area contributed by atoms with E-state index in [2.05, 4.69) is 22.9 Å². The third-order valence-electron chi connectivity index (χ3n) is 3.21. The van der Waals surface area contributed by atoms with E-state index in [-0.39, 0.29) is 5.79 Å². The summed E-state index contributed by atoms with van der Waals surface area (Å²) in [6.07, 6.45) is 6.20. The van der Waals surface area contributed by atoms with Crippen molar-refractivity contribution >= 4 is 15.9 Å². The summed E-state index contributed by atoms with van der Waals surface area (Å²) in [4.78, 5) is 0. The average molecular weight is 263 g/mol. The molecule has 2 rings (SSSR count). The van der Waals surface area contributed by atoms with Crippen LogP contribution in [-0.2, 0) is 9.47 Å². The molecule has 0 aromatic heterocycles. The van der Waals surface area contributed by atoms with E-state index in [9.17, 15) is 0 Å². The standard InChI is InChI=1S/C11H19BrO2/c1-2-3-4-10-8-13-11(14-10)5-9(6-11)7-12/h9-10H,2-8H2,1H3. The Morgan fingerprint density at radius 3 is 2.86 bits per heavy atom. The summed E-state index contributed by atoms with van der Waals surface area (Å²) in [6, 6.07) is 0. The van der Waals surface area contributed by atoms with Crippen LogP contribution in [0.25, 0.3) is 0 Å². The predicted molar refractivity (Wildman–Crippen MR) is 59.6 cm³/mol. The van der Waals surface area contributed by atoms with E-state index in [4.69, 9.17) is 9.47 Å². The molecule has 0 amide bonds. The fraction of sp³-hybridized carbons (Fsp3) is 1.00. The monoisotopic (exact) mass is 262 g/mol. The lowest BCUT2D eigenvalue weighted by Gasteiger charge is -2.42. The van der Waals surface area contributed by atoms with Gasteiger partial charge in [-0.05, 0) is 12.3 Å². The van der Waals surface area contributed by atoms with Gasteiger partial charge in [-0.2, -0.15) is 0 Å². The average Bonchev–Trinajstić information content (AvgIpc) is 2.56. The summed E-state index contributed by atoms with van der Waals surface area (Å²) in [5.41, 5.74) is 0.